The summed E-state index contributed by atoms with van der Waals surface area (Å²) in [7, 11) is 0. The second kappa shape index (κ2) is 8.81. The Bertz CT molecular complexity index is 1040. The van der Waals surface area contributed by atoms with E-state index in [1.807, 2.05) is 30.3 Å². The zero-order valence-corrected chi connectivity index (χ0v) is 17.8. The number of rotatable bonds is 7. The lowest BCUT2D eigenvalue weighted by atomic mass is 9.64. The van der Waals surface area contributed by atoms with E-state index in [1.54, 1.807) is 13.0 Å². The van der Waals surface area contributed by atoms with Gasteiger partial charge in [-0.2, -0.15) is 0 Å². The molecular formula is C24H26N2O5. The number of benzene rings is 2. The van der Waals surface area contributed by atoms with E-state index in [1.165, 1.54) is 32.0 Å². The Balaban J connectivity index is 2.15. The fraction of sp³-hybridized carbons (Fsp3) is 0.333. The molecule has 0 fully saturated rings. The van der Waals surface area contributed by atoms with E-state index in [2.05, 4.69) is 5.32 Å². The normalized spacial score (nSPS) is 23.4. The van der Waals surface area contributed by atoms with Crippen LogP contribution < -0.4 is 5.32 Å². The highest BCUT2D eigenvalue weighted by Crippen LogP contribution is 2.47. The first-order valence-corrected chi connectivity index (χ1v) is 10.1. The second-order valence-corrected chi connectivity index (χ2v) is 8.24. The molecule has 0 unspecified atom stereocenters. The molecule has 0 amide bonds. The molecule has 2 N–H and O–H groups in total. The average Bonchev–Trinajstić information content (AvgIpc) is 2.71. The van der Waals surface area contributed by atoms with Crippen molar-refractivity contribution in [3.63, 3.8) is 0 Å². The summed E-state index contributed by atoms with van der Waals surface area (Å²) < 4.78 is 0. The Morgan fingerprint density at radius 1 is 1.16 bits per heavy atom. The van der Waals surface area contributed by atoms with Crippen molar-refractivity contribution in [3.05, 3.63) is 87.1 Å². The summed E-state index contributed by atoms with van der Waals surface area (Å²) in [4.78, 5) is 36.2. The fourth-order valence-corrected chi connectivity index (χ4v) is 4.53. The summed E-state index contributed by atoms with van der Waals surface area (Å²) in [6.45, 7) is 4.81. The van der Waals surface area contributed by atoms with Crippen LogP contribution in [0.3, 0.4) is 0 Å². The fourth-order valence-electron chi connectivity index (χ4n) is 4.53. The summed E-state index contributed by atoms with van der Waals surface area (Å²) in [5.74, 6) is -2.22. The lowest BCUT2D eigenvalue weighted by Gasteiger charge is -2.43. The number of ketones is 2. The Morgan fingerprint density at radius 3 is 2.42 bits per heavy atom. The molecule has 0 heterocycles. The third-order valence-corrected chi connectivity index (χ3v) is 5.78. The summed E-state index contributed by atoms with van der Waals surface area (Å²) in [6.07, 6.45) is 0.102. The first kappa shape index (κ1) is 22.4. The summed E-state index contributed by atoms with van der Waals surface area (Å²) >= 11 is 0. The molecular weight excluding hydrogens is 396 g/mol. The van der Waals surface area contributed by atoms with Crippen molar-refractivity contribution in [2.45, 2.75) is 45.3 Å². The van der Waals surface area contributed by atoms with Gasteiger partial charge in [-0.15, -0.1) is 0 Å². The lowest BCUT2D eigenvalue weighted by Crippen LogP contribution is -2.49. The van der Waals surface area contributed by atoms with Crippen LogP contribution in [0.25, 0.3) is 0 Å². The number of hydrogen-bond acceptors (Lipinski definition) is 6. The van der Waals surface area contributed by atoms with Gasteiger partial charge in [-0.05, 0) is 31.9 Å². The van der Waals surface area contributed by atoms with Gasteiger partial charge in [-0.1, -0.05) is 42.5 Å². The maximum Gasteiger partial charge on any atom is 0.269 e. The van der Waals surface area contributed by atoms with Gasteiger partial charge < -0.3 is 10.4 Å². The predicted molar refractivity (Wildman–Crippen MR) is 116 cm³/mol. The molecule has 1 aliphatic carbocycles. The molecule has 3 rings (SSSR count). The first-order valence-electron chi connectivity index (χ1n) is 10.1. The number of nitro groups is 1. The van der Waals surface area contributed by atoms with Gasteiger partial charge in [-0.3, -0.25) is 19.7 Å². The van der Waals surface area contributed by atoms with Gasteiger partial charge >= 0.3 is 0 Å². The number of carbonyl (C=O) groups is 2. The Morgan fingerprint density at radius 2 is 1.84 bits per heavy atom. The SMILES string of the molecule is CC(=O)C1=C(NCc2ccccc2)C[C@@](C)(O)[C@H](C(C)=O)[C@H]1c1cccc([N+](=O)[O-])c1. The van der Waals surface area contributed by atoms with E-state index >= 15 is 0 Å². The number of non-ortho nitro benzene ring substituents is 1. The van der Waals surface area contributed by atoms with Gasteiger partial charge in [0.2, 0.25) is 0 Å². The molecule has 2 aromatic rings. The van der Waals surface area contributed by atoms with Crippen LogP contribution in [-0.2, 0) is 16.1 Å². The van der Waals surface area contributed by atoms with Crippen molar-refractivity contribution in [1.82, 2.24) is 5.32 Å². The molecule has 7 nitrogen and oxygen atoms in total. The topological polar surface area (TPSA) is 110 Å². The average molecular weight is 422 g/mol. The monoisotopic (exact) mass is 422 g/mol. The molecule has 0 bridgehead atoms. The molecule has 0 spiro atoms. The van der Waals surface area contributed by atoms with Gasteiger partial charge in [0.05, 0.1) is 16.4 Å². The molecule has 3 atom stereocenters. The van der Waals surface area contributed by atoms with Crippen molar-refractivity contribution in [2.24, 2.45) is 5.92 Å². The first-order chi connectivity index (χ1) is 14.6. The van der Waals surface area contributed by atoms with Gasteiger partial charge in [0.25, 0.3) is 5.69 Å². The summed E-state index contributed by atoms with van der Waals surface area (Å²) in [5.41, 5.74) is 0.820. The molecule has 2 aromatic carbocycles. The molecule has 0 aromatic heterocycles. The van der Waals surface area contributed by atoms with Crippen LogP contribution in [0.4, 0.5) is 5.69 Å². The van der Waals surface area contributed by atoms with Crippen molar-refractivity contribution >= 4 is 17.3 Å². The molecule has 0 aliphatic heterocycles. The van der Waals surface area contributed by atoms with Crippen molar-refractivity contribution in [3.8, 4) is 0 Å². The molecule has 162 valence electrons. The number of Topliss-reactive ketones (excluding diaryl/α,β-unsaturated/α-hetero) is 2. The second-order valence-electron chi connectivity index (χ2n) is 8.24. The van der Waals surface area contributed by atoms with Crippen LogP contribution in [0.5, 0.6) is 0 Å². The minimum atomic E-state index is -1.43. The van der Waals surface area contributed by atoms with Crippen LogP contribution in [0, 0.1) is 16.0 Å². The van der Waals surface area contributed by atoms with Crippen LogP contribution in [0.15, 0.2) is 65.9 Å². The highest BCUT2D eigenvalue weighted by atomic mass is 16.6. The largest absolute Gasteiger partial charge is 0.389 e. The number of carbonyl (C=O) groups excluding carboxylic acids is 2. The number of nitro benzene ring substituents is 1. The highest BCUT2D eigenvalue weighted by Gasteiger charge is 2.49. The Kier molecular flexibility index (Phi) is 6.36. The van der Waals surface area contributed by atoms with Crippen molar-refractivity contribution < 1.29 is 19.6 Å². The van der Waals surface area contributed by atoms with Crippen molar-refractivity contribution in [1.29, 1.82) is 0 Å². The van der Waals surface area contributed by atoms with Crippen molar-refractivity contribution in [2.75, 3.05) is 0 Å². The van der Waals surface area contributed by atoms with E-state index in [0.717, 1.165) is 5.56 Å². The maximum absolute atomic E-state index is 12.8. The van der Waals surface area contributed by atoms with Gasteiger partial charge in [0.1, 0.15) is 5.78 Å². The lowest BCUT2D eigenvalue weighted by molar-refractivity contribution is -0.384. The number of hydrogen-bond donors (Lipinski definition) is 2. The van der Waals surface area contributed by atoms with Gasteiger partial charge in [-0.25, -0.2) is 0 Å². The Labute approximate surface area is 180 Å². The zero-order chi connectivity index (χ0) is 22.8. The van der Waals surface area contributed by atoms with Crippen LogP contribution in [0.2, 0.25) is 0 Å². The maximum atomic E-state index is 12.8. The van der Waals surface area contributed by atoms with Gasteiger partial charge in [0.15, 0.2) is 5.78 Å². The standard InChI is InChI=1S/C24H26N2O5/c1-15(27)21-20(25-14-17-8-5-4-6-9-17)13-24(3,29)23(16(2)28)22(21)18-10-7-11-19(12-18)26(30)31/h4-12,22-23,25,29H,13-14H2,1-3H3/t22-,23+,24+/m0/s1. The third kappa shape index (κ3) is 4.72. The van der Waals surface area contributed by atoms with E-state index in [4.69, 9.17) is 0 Å². The molecule has 1 aliphatic rings. The third-order valence-electron chi connectivity index (χ3n) is 5.78. The molecule has 0 saturated carbocycles. The summed E-state index contributed by atoms with van der Waals surface area (Å²) in [6, 6.07) is 15.5. The Hall–Kier alpha value is -3.32. The van der Waals surface area contributed by atoms with Crippen LogP contribution in [0.1, 0.15) is 44.2 Å². The minimum absolute atomic E-state index is 0.102. The van der Waals surface area contributed by atoms with E-state index in [0.29, 0.717) is 23.4 Å². The molecule has 0 saturated heterocycles. The highest BCUT2D eigenvalue weighted by molar-refractivity contribution is 5.98. The van der Waals surface area contributed by atoms with E-state index in [9.17, 15) is 24.8 Å². The number of nitrogens with one attached hydrogen (secondary N) is 1. The predicted octanol–water partition coefficient (Wildman–Crippen LogP) is 3.67. The minimum Gasteiger partial charge on any atom is -0.389 e. The van der Waals surface area contributed by atoms with E-state index in [-0.39, 0.29) is 23.7 Å². The van der Waals surface area contributed by atoms with Crippen LogP contribution >= 0.6 is 0 Å². The van der Waals surface area contributed by atoms with E-state index < -0.39 is 22.4 Å². The zero-order valence-electron chi connectivity index (χ0n) is 17.8. The summed E-state index contributed by atoms with van der Waals surface area (Å²) in [5, 5.41) is 25.8. The smallest absolute Gasteiger partial charge is 0.269 e. The van der Waals surface area contributed by atoms with Crippen LogP contribution in [-0.4, -0.2) is 27.2 Å². The molecule has 31 heavy (non-hydrogen) atoms. The number of allylic oxidation sites excluding steroid dienone is 1. The molecule has 0 radical (unpaired) electrons. The number of aliphatic hydroxyl groups is 1. The number of nitrogens with zero attached hydrogens (tertiary/aromatic N) is 1. The quantitative estimate of drug-likeness (QED) is 0.520. The molecule has 7 heteroatoms. The van der Waals surface area contributed by atoms with Gasteiger partial charge in [0, 0.05) is 42.3 Å².